The zero-order chi connectivity index (χ0) is 28.1. The highest BCUT2D eigenvalue weighted by atomic mass is 32.2. The van der Waals surface area contributed by atoms with E-state index in [-0.39, 0.29) is 40.1 Å². The van der Waals surface area contributed by atoms with Crippen LogP contribution < -0.4 is 5.32 Å². The molecule has 0 spiro atoms. The van der Waals surface area contributed by atoms with Crippen LogP contribution in [0.1, 0.15) is 29.8 Å². The number of sulfonamides is 1. The highest BCUT2D eigenvalue weighted by Crippen LogP contribution is 2.51. The van der Waals surface area contributed by atoms with Crippen LogP contribution in [0.5, 0.6) is 0 Å². The first-order valence-corrected chi connectivity index (χ1v) is 13.0. The van der Waals surface area contributed by atoms with Crippen LogP contribution in [0.25, 0.3) is 11.3 Å². The monoisotopic (exact) mass is 571 g/mol. The second-order valence-corrected chi connectivity index (χ2v) is 11.1. The van der Waals surface area contributed by atoms with E-state index < -0.39 is 58.3 Å². The third-order valence-electron chi connectivity index (χ3n) is 6.71. The van der Waals surface area contributed by atoms with Crippen LogP contribution >= 0.6 is 0 Å². The number of pyridine rings is 1. The molecule has 206 valence electrons. The van der Waals surface area contributed by atoms with Gasteiger partial charge in [-0.2, -0.15) is 17.5 Å². The summed E-state index contributed by atoms with van der Waals surface area (Å²) in [6.07, 6.45) is -4.56. The fraction of sp³-hybridized carbons (Fsp3) is 0.333. The van der Waals surface area contributed by atoms with E-state index in [0.29, 0.717) is 6.42 Å². The van der Waals surface area contributed by atoms with Gasteiger partial charge in [-0.05, 0) is 54.2 Å². The predicted octanol–water partition coefficient (Wildman–Crippen LogP) is 3.96. The summed E-state index contributed by atoms with van der Waals surface area (Å²) in [5.41, 5.74) is -0.550. The van der Waals surface area contributed by atoms with E-state index in [2.05, 4.69) is 20.3 Å². The Kier molecular flexibility index (Phi) is 6.83. The number of fused-ring (bicyclic) bond motifs is 1. The average Bonchev–Trinajstić information content (AvgIpc) is 3.55. The summed E-state index contributed by atoms with van der Waals surface area (Å²) >= 11 is 0. The van der Waals surface area contributed by atoms with Crippen LogP contribution in [0.15, 0.2) is 53.8 Å². The number of piperidine rings is 1. The molecule has 3 heterocycles. The van der Waals surface area contributed by atoms with Crippen LogP contribution in [0.4, 0.5) is 26.3 Å². The van der Waals surface area contributed by atoms with Gasteiger partial charge < -0.3 is 5.32 Å². The summed E-state index contributed by atoms with van der Waals surface area (Å²) in [6.45, 7) is -0.327. The summed E-state index contributed by atoms with van der Waals surface area (Å²) < 4.78 is 106. The number of aromatic nitrogens is 3. The van der Waals surface area contributed by atoms with Gasteiger partial charge in [-0.15, -0.1) is 0 Å². The van der Waals surface area contributed by atoms with E-state index in [1.807, 2.05) is 0 Å². The third kappa shape index (κ3) is 5.32. The van der Waals surface area contributed by atoms with E-state index >= 15 is 0 Å². The van der Waals surface area contributed by atoms with Crippen molar-refractivity contribution in [2.24, 2.45) is 11.8 Å². The second kappa shape index (κ2) is 9.86. The van der Waals surface area contributed by atoms with Gasteiger partial charge in [0.25, 0.3) is 6.43 Å². The molecule has 8 nitrogen and oxygen atoms in total. The summed E-state index contributed by atoms with van der Waals surface area (Å²) in [7, 11) is -4.13. The van der Waals surface area contributed by atoms with Crippen molar-refractivity contribution >= 4 is 15.9 Å². The molecular formula is C24H19F6N5O3S. The van der Waals surface area contributed by atoms with Crippen molar-refractivity contribution in [3.8, 4) is 11.3 Å². The Morgan fingerprint density at radius 3 is 2.36 bits per heavy atom. The molecule has 2 aromatic heterocycles. The Hall–Kier alpha value is -3.59. The van der Waals surface area contributed by atoms with Crippen LogP contribution in [0, 0.1) is 17.7 Å². The fourth-order valence-electron chi connectivity index (χ4n) is 4.65. The number of carbonyl (C=O) groups is 1. The maximum absolute atomic E-state index is 13.7. The molecule has 1 aliphatic carbocycles. The van der Waals surface area contributed by atoms with E-state index in [0.717, 1.165) is 47.2 Å². The lowest BCUT2D eigenvalue weighted by Gasteiger charge is -2.26. The predicted molar refractivity (Wildman–Crippen MR) is 123 cm³/mol. The number of benzene rings is 1. The zero-order valence-electron chi connectivity index (χ0n) is 19.7. The number of halogens is 6. The first-order chi connectivity index (χ1) is 18.4. The molecule has 5 rings (SSSR count). The number of hydrogen-bond acceptors (Lipinski definition) is 6. The minimum Gasteiger partial charge on any atom is -0.351 e. The van der Waals surface area contributed by atoms with Gasteiger partial charge in [0, 0.05) is 42.8 Å². The lowest BCUT2D eigenvalue weighted by Crippen LogP contribution is -2.48. The molecule has 0 radical (unpaired) electrons. The molecule has 1 aliphatic heterocycles. The largest absolute Gasteiger partial charge is 0.451 e. The standard InChI is InChI=1S/C24H19F6N5O3S/c25-15-1-3-16(4-2-15)39(37,38)35-11-13-5-17(13)20(35)22(36)32-7-12-6-19(31-10-18(12)21(26)27)14-8-33-23(34-9-14)24(28,29)30/h1-4,6,8-10,13,17,20-21H,5,7,11H2,(H,32,36)/t13-,17?,20-/m0/s1. The third-order valence-corrected chi connectivity index (χ3v) is 8.57. The summed E-state index contributed by atoms with van der Waals surface area (Å²) in [5, 5.41) is 2.52. The Balaban J connectivity index is 1.36. The van der Waals surface area contributed by atoms with Gasteiger partial charge in [-0.3, -0.25) is 9.78 Å². The quantitative estimate of drug-likeness (QED) is 0.431. The van der Waals surface area contributed by atoms with Crippen molar-refractivity contribution in [1.29, 1.82) is 0 Å². The average molecular weight is 572 g/mol. The van der Waals surface area contributed by atoms with E-state index in [1.165, 1.54) is 6.07 Å². The van der Waals surface area contributed by atoms with Crippen molar-refractivity contribution in [1.82, 2.24) is 24.6 Å². The Morgan fingerprint density at radius 1 is 1.08 bits per heavy atom. The molecule has 1 saturated heterocycles. The molecule has 39 heavy (non-hydrogen) atoms. The van der Waals surface area contributed by atoms with Gasteiger partial charge >= 0.3 is 6.18 Å². The summed E-state index contributed by atoms with van der Waals surface area (Å²) in [5.74, 6) is -2.96. The van der Waals surface area contributed by atoms with Crippen LogP contribution in [0.3, 0.4) is 0 Å². The molecule has 1 amide bonds. The molecule has 2 aliphatic rings. The molecule has 15 heteroatoms. The molecule has 1 aromatic carbocycles. The highest BCUT2D eigenvalue weighted by Gasteiger charge is 2.58. The van der Waals surface area contributed by atoms with E-state index in [4.69, 9.17) is 0 Å². The van der Waals surface area contributed by atoms with Crippen molar-refractivity contribution in [3.63, 3.8) is 0 Å². The minimum atomic E-state index is -4.76. The van der Waals surface area contributed by atoms with Crippen molar-refractivity contribution in [2.75, 3.05) is 6.54 Å². The first-order valence-electron chi connectivity index (χ1n) is 11.6. The molecule has 1 unspecified atom stereocenters. The first kappa shape index (κ1) is 27.0. The smallest absolute Gasteiger partial charge is 0.351 e. The van der Waals surface area contributed by atoms with Gasteiger partial charge in [0.15, 0.2) is 0 Å². The normalized spacial score (nSPS) is 21.2. The van der Waals surface area contributed by atoms with Crippen LogP contribution in [-0.4, -0.2) is 46.2 Å². The van der Waals surface area contributed by atoms with Gasteiger partial charge in [-0.1, -0.05) is 0 Å². The summed E-state index contributed by atoms with van der Waals surface area (Å²) in [6, 6.07) is 4.28. The van der Waals surface area contributed by atoms with Gasteiger partial charge in [0.2, 0.25) is 21.8 Å². The van der Waals surface area contributed by atoms with Crippen molar-refractivity contribution < 1.29 is 39.6 Å². The Labute approximate surface area is 218 Å². The van der Waals surface area contributed by atoms with E-state index in [1.54, 1.807) is 0 Å². The topological polar surface area (TPSA) is 105 Å². The molecule has 0 bridgehead atoms. The second-order valence-electron chi connectivity index (χ2n) is 9.21. The molecule has 2 fully saturated rings. The van der Waals surface area contributed by atoms with Gasteiger partial charge in [0.05, 0.1) is 10.6 Å². The van der Waals surface area contributed by atoms with Crippen LogP contribution in [0.2, 0.25) is 0 Å². The number of nitrogens with one attached hydrogen (secondary N) is 1. The summed E-state index contributed by atoms with van der Waals surface area (Å²) in [4.78, 5) is 23.3. The number of alkyl halides is 5. The maximum Gasteiger partial charge on any atom is 0.451 e. The van der Waals surface area contributed by atoms with Crippen molar-refractivity contribution in [2.45, 2.75) is 36.5 Å². The van der Waals surface area contributed by atoms with Gasteiger partial charge in [-0.25, -0.2) is 31.6 Å². The number of nitrogens with zero attached hydrogens (tertiary/aromatic N) is 4. The Bertz CT molecular complexity index is 1500. The zero-order valence-corrected chi connectivity index (χ0v) is 20.6. The molecule has 1 saturated carbocycles. The van der Waals surface area contributed by atoms with E-state index in [9.17, 15) is 39.6 Å². The maximum atomic E-state index is 13.7. The Morgan fingerprint density at radius 2 is 1.74 bits per heavy atom. The highest BCUT2D eigenvalue weighted by molar-refractivity contribution is 7.89. The lowest BCUT2D eigenvalue weighted by atomic mass is 10.1. The number of rotatable bonds is 7. The SMILES string of the molecule is O=C(NCc1cc(-c2cnc(C(F)(F)F)nc2)ncc1C(F)F)[C@@H]1C2C[C@H]2CN1S(=O)(=O)c1ccc(F)cc1. The molecule has 1 N–H and O–H groups in total. The minimum absolute atomic E-state index is 0.000936. The lowest BCUT2D eigenvalue weighted by molar-refractivity contribution is -0.145. The number of hydrogen-bond donors (Lipinski definition) is 1. The van der Waals surface area contributed by atoms with Gasteiger partial charge in [0.1, 0.15) is 11.9 Å². The fourth-order valence-corrected chi connectivity index (χ4v) is 6.34. The number of amides is 1. The van der Waals surface area contributed by atoms with Crippen LogP contribution in [-0.2, 0) is 27.5 Å². The van der Waals surface area contributed by atoms with Crippen molar-refractivity contribution in [3.05, 3.63) is 71.7 Å². The molecule has 3 aromatic rings. The number of carbonyl (C=O) groups excluding carboxylic acids is 1. The molecular weight excluding hydrogens is 552 g/mol. The molecule has 3 atom stereocenters.